The summed E-state index contributed by atoms with van der Waals surface area (Å²) in [4.78, 5) is 13.0. The fourth-order valence-electron chi connectivity index (χ4n) is 1.74. The number of amides is 1. The molecule has 0 radical (unpaired) electrons. The topological polar surface area (TPSA) is 55.1 Å². The highest BCUT2D eigenvalue weighted by molar-refractivity contribution is 7.99. The lowest BCUT2D eigenvalue weighted by molar-refractivity contribution is -0.115. The lowest BCUT2D eigenvalue weighted by Crippen LogP contribution is -2.12. The molecule has 4 heteroatoms. The van der Waals surface area contributed by atoms with E-state index < -0.39 is 0 Å². The van der Waals surface area contributed by atoms with E-state index in [0.29, 0.717) is 12.1 Å². The van der Waals surface area contributed by atoms with Crippen molar-refractivity contribution < 1.29 is 4.79 Å². The number of anilines is 2. The highest BCUT2D eigenvalue weighted by Crippen LogP contribution is 2.19. The zero-order valence-corrected chi connectivity index (χ0v) is 12.2. The van der Waals surface area contributed by atoms with Crippen LogP contribution in [-0.2, 0) is 4.79 Å². The first kappa shape index (κ1) is 14.5. The molecule has 0 atom stereocenters. The Balaban J connectivity index is 1.76. The fraction of sp³-hybridized carbons (Fsp3) is 0.188. The van der Waals surface area contributed by atoms with Gasteiger partial charge in [-0.3, -0.25) is 4.79 Å². The van der Waals surface area contributed by atoms with Gasteiger partial charge in [0.2, 0.25) is 5.91 Å². The molecule has 1 amide bonds. The average molecular weight is 286 g/mol. The number of thioether (sulfide) groups is 1. The van der Waals surface area contributed by atoms with E-state index >= 15 is 0 Å². The maximum absolute atomic E-state index is 11.8. The van der Waals surface area contributed by atoms with E-state index in [2.05, 4.69) is 36.5 Å². The number of aryl methyl sites for hydroxylation is 1. The highest BCUT2D eigenvalue weighted by atomic mass is 32.2. The quantitative estimate of drug-likeness (QED) is 0.651. The van der Waals surface area contributed by atoms with E-state index in [1.165, 1.54) is 10.5 Å². The Morgan fingerprint density at radius 2 is 1.95 bits per heavy atom. The van der Waals surface area contributed by atoms with Crippen molar-refractivity contribution >= 4 is 29.0 Å². The molecule has 0 saturated carbocycles. The number of nitrogens with two attached hydrogens (primary N) is 1. The van der Waals surface area contributed by atoms with Crippen LogP contribution in [0.5, 0.6) is 0 Å². The number of hydrogen-bond acceptors (Lipinski definition) is 3. The number of carbonyl (C=O) groups is 1. The normalized spacial score (nSPS) is 10.2. The Kier molecular flexibility index (Phi) is 5.07. The minimum Gasteiger partial charge on any atom is -0.399 e. The second-order valence-corrected chi connectivity index (χ2v) is 5.75. The second kappa shape index (κ2) is 7.01. The first-order valence-corrected chi connectivity index (χ1v) is 7.47. The fourth-order valence-corrected chi connectivity index (χ4v) is 2.59. The van der Waals surface area contributed by atoms with Gasteiger partial charge in [0.1, 0.15) is 0 Å². The molecule has 0 aliphatic carbocycles. The first-order chi connectivity index (χ1) is 9.63. The molecule has 3 N–H and O–H groups in total. The monoisotopic (exact) mass is 286 g/mol. The molecule has 0 aliphatic rings. The van der Waals surface area contributed by atoms with Crippen molar-refractivity contribution in [1.29, 1.82) is 0 Å². The standard InChI is InChI=1S/C16H18N2OS/c1-12-5-7-15(8-6-12)20-10-9-16(19)18-14-4-2-3-13(17)11-14/h2-8,11H,9-10,17H2,1H3,(H,18,19). The zero-order chi connectivity index (χ0) is 14.4. The predicted molar refractivity (Wildman–Crippen MR) is 86.0 cm³/mol. The van der Waals surface area contributed by atoms with Gasteiger partial charge >= 0.3 is 0 Å². The van der Waals surface area contributed by atoms with Gasteiger partial charge in [-0.15, -0.1) is 11.8 Å². The number of hydrogen-bond donors (Lipinski definition) is 2. The number of benzene rings is 2. The van der Waals surface area contributed by atoms with Crippen molar-refractivity contribution in [1.82, 2.24) is 0 Å². The smallest absolute Gasteiger partial charge is 0.225 e. The van der Waals surface area contributed by atoms with Gasteiger partial charge in [-0.1, -0.05) is 23.8 Å². The van der Waals surface area contributed by atoms with Crippen LogP contribution in [0.2, 0.25) is 0 Å². The second-order valence-electron chi connectivity index (χ2n) is 4.59. The molecule has 0 bridgehead atoms. The molecule has 3 nitrogen and oxygen atoms in total. The van der Waals surface area contributed by atoms with E-state index in [9.17, 15) is 4.79 Å². The summed E-state index contributed by atoms with van der Waals surface area (Å²) >= 11 is 1.69. The summed E-state index contributed by atoms with van der Waals surface area (Å²) < 4.78 is 0. The summed E-state index contributed by atoms with van der Waals surface area (Å²) in [5.74, 6) is 0.771. The molecule has 2 rings (SSSR count). The van der Waals surface area contributed by atoms with Crippen LogP contribution < -0.4 is 11.1 Å². The van der Waals surface area contributed by atoms with Crippen molar-refractivity contribution in [2.45, 2.75) is 18.2 Å². The summed E-state index contributed by atoms with van der Waals surface area (Å²) in [6.07, 6.45) is 0.480. The molecule has 0 spiro atoms. The van der Waals surface area contributed by atoms with E-state index in [1.807, 2.05) is 12.1 Å². The molecule has 104 valence electrons. The largest absolute Gasteiger partial charge is 0.399 e. The SMILES string of the molecule is Cc1ccc(SCCC(=O)Nc2cccc(N)c2)cc1. The van der Waals surface area contributed by atoms with Gasteiger partial charge in [0.25, 0.3) is 0 Å². The summed E-state index contributed by atoms with van der Waals surface area (Å²) in [7, 11) is 0. The molecule has 0 heterocycles. The van der Waals surface area contributed by atoms with Gasteiger partial charge in [-0.05, 0) is 37.3 Å². The van der Waals surface area contributed by atoms with E-state index in [-0.39, 0.29) is 5.91 Å². The van der Waals surface area contributed by atoms with E-state index in [4.69, 9.17) is 5.73 Å². The zero-order valence-electron chi connectivity index (χ0n) is 11.4. The van der Waals surface area contributed by atoms with E-state index in [0.717, 1.165) is 11.4 Å². The lowest BCUT2D eigenvalue weighted by atomic mass is 10.2. The van der Waals surface area contributed by atoms with Crippen LogP contribution in [0.15, 0.2) is 53.4 Å². The third-order valence-electron chi connectivity index (χ3n) is 2.79. The first-order valence-electron chi connectivity index (χ1n) is 6.48. The summed E-state index contributed by atoms with van der Waals surface area (Å²) in [6.45, 7) is 2.06. The maximum atomic E-state index is 11.8. The lowest BCUT2D eigenvalue weighted by Gasteiger charge is -2.06. The third-order valence-corrected chi connectivity index (χ3v) is 3.80. The van der Waals surface area contributed by atoms with Crippen LogP contribution in [0.4, 0.5) is 11.4 Å². The van der Waals surface area contributed by atoms with Gasteiger partial charge in [-0.25, -0.2) is 0 Å². The Labute approximate surface area is 123 Å². The summed E-state index contributed by atoms with van der Waals surface area (Å²) in [5, 5.41) is 2.85. The van der Waals surface area contributed by atoms with Crippen molar-refractivity contribution in [2.24, 2.45) is 0 Å². The van der Waals surface area contributed by atoms with Gasteiger partial charge in [0.15, 0.2) is 0 Å². The minimum atomic E-state index is 0.00946. The van der Waals surface area contributed by atoms with Crippen LogP contribution in [0.1, 0.15) is 12.0 Å². The van der Waals surface area contributed by atoms with Crippen LogP contribution >= 0.6 is 11.8 Å². The molecule has 2 aromatic carbocycles. The summed E-state index contributed by atoms with van der Waals surface area (Å²) in [6, 6.07) is 15.5. The van der Waals surface area contributed by atoms with Crippen LogP contribution in [-0.4, -0.2) is 11.7 Å². The summed E-state index contributed by atoms with van der Waals surface area (Å²) in [5.41, 5.74) is 8.31. The van der Waals surface area contributed by atoms with Gasteiger partial charge < -0.3 is 11.1 Å². The van der Waals surface area contributed by atoms with Crippen LogP contribution in [0.25, 0.3) is 0 Å². The molecular weight excluding hydrogens is 268 g/mol. The molecule has 0 unspecified atom stereocenters. The predicted octanol–water partition coefficient (Wildman–Crippen LogP) is 3.70. The van der Waals surface area contributed by atoms with Gasteiger partial charge in [0.05, 0.1) is 0 Å². The molecule has 2 aromatic rings. The number of carbonyl (C=O) groups excluding carboxylic acids is 1. The molecule has 0 aromatic heterocycles. The van der Waals surface area contributed by atoms with Crippen LogP contribution in [0.3, 0.4) is 0 Å². The highest BCUT2D eigenvalue weighted by Gasteiger charge is 2.03. The van der Waals surface area contributed by atoms with Gasteiger partial charge in [-0.2, -0.15) is 0 Å². The Hall–Kier alpha value is -1.94. The number of nitrogen functional groups attached to an aromatic ring is 1. The average Bonchev–Trinajstić information content (AvgIpc) is 2.41. The Bertz CT molecular complexity index is 581. The van der Waals surface area contributed by atoms with Gasteiger partial charge in [0, 0.05) is 28.4 Å². The third kappa shape index (κ3) is 4.63. The minimum absolute atomic E-state index is 0.00946. The van der Waals surface area contributed by atoms with Crippen molar-refractivity contribution in [3.63, 3.8) is 0 Å². The maximum Gasteiger partial charge on any atom is 0.225 e. The van der Waals surface area contributed by atoms with E-state index in [1.54, 1.807) is 23.9 Å². The Morgan fingerprint density at radius 1 is 1.20 bits per heavy atom. The Morgan fingerprint density at radius 3 is 2.65 bits per heavy atom. The van der Waals surface area contributed by atoms with Crippen LogP contribution in [0, 0.1) is 6.92 Å². The molecule has 0 aliphatic heterocycles. The van der Waals surface area contributed by atoms with Crippen molar-refractivity contribution in [3.8, 4) is 0 Å². The molecule has 0 saturated heterocycles. The molecule has 0 fully saturated rings. The number of rotatable bonds is 5. The number of nitrogens with one attached hydrogen (secondary N) is 1. The van der Waals surface area contributed by atoms with Crippen molar-refractivity contribution in [3.05, 3.63) is 54.1 Å². The molecule has 20 heavy (non-hydrogen) atoms. The molecular formula is C16H18N2OS. The van der Waals surface area contributed by atoms with Crippen molar-refractivity contribution in [2.75, 3.05) is 16.8 Å².